The molecule has 0 aromatic heterocycles. The molecule has 39 heavy (non-hydrogen) atoms. The van der Waals surface area contributed by atoms with Gasteiger partial charge in [0.25, 0.3) is 0 Å². The van der Waals surface area contributed by atoms with Crippen molar-refractivity contribution in [3.05, 3.63) is 108 Å². The summed E-state index contributed by atoms with van der Waals surface area (Å²) in [5, 5.41) is 18.1. The molecule has 0 aliphatic heterocycles. The summed E-state index contributed by atoms with van der Waals surface area (Å²) in [7, 11) is 0. The lowest BCUT2D eigenvalue weighted by molar-refractivity contribution is 0.0686. The minimum absolute atomic E-state index is 0.275. The Bertz CT molecular complexity index is 1360. The number of ether oxygens (including phenoxy) is 2. The van der Waals surface area contributed by atoms with Gasteiger partial charge in [0.2, 0.25) is 0 Å². The van der Waals surface area contributed by atoms with Gasteiger partial charge in [0.1, 0.15) is 11.5 Å². The summed E-state index contributed by atoms with van der Waals surface area (Å²) in [6.07, 6.45) is 2.95. The molecule has 6 heteroatoms. The highest BCUT2D eigenvalue weighted by Gasteiger charge is 2.07. The first-order valence-electron chi connectivity index (χ1n) is 13.0. The zero-order valence-electron chi connectivity index (χ0n) is 21.9. The van der Waals surface area contributed by atoms with Crippen molar-refractivity contribution in [2.24, 2.45) is 5.92 Å². The van der Waals surface area contributed by atoms with Gasteiger partial charge < -0.3 is 19.7 Å². The van der Waals surface area contributed by atoms with Gasteiger partial charge >= 0.3 is 11.9 Å². The molecule has 0 spiro atoms. The minimum atomic E-state index is -0.929. The second-order valence-corrected chi connectivity index (χ2v) is 9.55. The van der Waals surface area contributed by atoms with Crippen molar-refractivity contribution >= 4 is 11.9 Å². The highest BCUT2D eigenvalue weighted by atomic mass is 16.5. The highest BCUT2D eigenvalue weighted by molar-refractivity contribution is 5.89. The molecule has 0 saturated carbocycles. The van der Waals surface area contributed by atoms with E-state index in [0.29, 0.717) is 19.1 Å². The molecule has 200 valence electrons. The number of rotatable bonds is 13. The number of carbonyl (C=O) groups is 2. The van der Waals surface area contributed by atoms with Crippen LogP contribution in [0, 0.1) is 5.92 Å². The van der Waals surface area contributed by atoms with Crippen LogP contribution in [0.25, 0.3) is 22.3 Å². The Morgan fingerprint density at radius 1 is 0.564 bits per heavy atom. The maximum atomic E-state index is 11.0. The van der Waals surface area contributed by atoms with Crippen molar-refractivity contribution in [3.8, 4) is 33.8 Å². The van der Waals surface area contributed by atoms with Crippen LogP contribution in [-0.2, 0) is 0 Å². The van der Waals surface area contributed by atoms with E-state index in [1.165, 1.54) is 0 Å². The first-order valence-corrected chi connectivity index (χ1v) is 13.0. The fraction of sp³-hybridized carbons (Fsp3) is 0.212. The molecule has 4 rings (SSSR count). The molecule has 4 aromatic rings. The average Bonchev–Trinajstić information content (AvgIpc) is 2.96. The Morgan fingerprint density at radius 3 is 1.31 bits per heavy atom. The third kappa shape index (κ3) is 7.95. The smallest absolute Gasteiger partial charge is 0.335 e. The van der Waals surface area contributed by atoms with Gasteiger partial charge in [0.05, 0.1) is 24.3 Å². The van der Waals surface area contributed by atoms with Crippen LogP contribution in [0.3, 0.4) is 0 Å². The molecule has 0 bridgehead atoms. The second-order valence-electron chi connectivity index (χ2n) is 9.55. The minimum Gasteiger partial charge on any atom is -0.494 e. The van der Waals surface area contributed by atoms with Gasteiger partial charge in [-0.05, 0) is 96.0 Å². The number of carboxylic acid groups (broad SMARTS) is 2. The maximum absolute atomic E-state index is 11.0. The molecule has 1 atom stereocenters. The zero-order chi connectivity index (χ0) is 27.6. The zero-order valence-corrected chi connectivity index (χ0v) is 21.9. The van der Waals surface area contributed by atoms with Crippen molar-refractivity contribution < 1.29 is 29.3 Å². The quantitative estimate of drug-likeness (QED) is 0.174. The number of carboxylic acids is 2. The largest absolute Gasteiger partial charge is 0.494 e. The molecular formula is C33H32O6. The first kappa shape index (κ1) is 27.5. The van der Waals surface area contributed by atoms with Gasteiger partial charge in [-0.2, -0.15) is 0 Å². The molecule has 0 aliphatic rings. The Morgan fingerprint density at radius 2 is 0.923 bits per heavy atom. The molecule has 0 aliphatic carbocycles. The molecule has 0 fully saturated rings. The molecule has 0 amide bonds. The van der Waals surface area contributed by atoms with Crippen molar-refractivity contribution in [3.63, 3.8) is 0 Å². The summed E-state index contributed by atoms with van der Waals surface area (Å²) in [6, 6.07) is 29.3. The average molecular weight is 525 g/mol. The predicted octanol–water partition coefficient (Wildman–Crippen LogP) is 7.68. The van der Waals surface area contributed by atoms with Gasteiger partial charge in [0.15, 0.2) is 0 Å². The van der Waals surface area contributed by atoms with Crippen molar-refractivity contribution in [2.45, 2.75) is 26.2 Å². The summed E-state index contributed by atoms with van der Waals surface area (Å²) >= 11 is 0. The second kappa shape index (κ2) is 13.3. The molecule has 0 heterocycles. The molecule has 0 saturated heterocycles. The Balaban J connectivity index is 1.13. The molecule has 2 N–H and O–H groups in total. The predicted molar refractivity (Wildman–Crippen MR) is 152 cm³/mol. The molecular weight excluding hydrogens is 492 g/mol. The summed E-state index contributed by atoms with van der Waals surface area (Å²) in [6.45, 7) is 3.51. The monoisotopic (exact) mass is 524 g/mol. The first-order chi connectivity index (χ1) is 18.9. The van der Waals surface area contributed by atoms with E-state index < -0.39 is 11.9 Å². The Kier molecular flexibility index (Phi) is 9.35. The van der Waals surface area contributed by atoms with Crippen molar-refractivity contribution in [2.75, 3.05) is 13.2 Å². The summed E-state index contributed by atoms with van der Waals surface area (Å²) < 4.78 is 11.8. The highest BCUT2D eigenvalue weighted by Crippen LogP contribution is 2.25. The van der Waals surface area contributed by atoms with Crippen LogP contribution in [0.4, 0.5) is 0 Å². The molecule has 6 nitrogen and oxygen atoms in total. The maximum Gasteiger partial charge on any atom is 0.335 e. The van der Waals surface area contributed by atoms with Gasteiger partial charge in [-0.3, -0.25) is 0 Å². The van der Waals surface area contributed by atoms with E-state index in [2.05, 4.69) is 6.92 Å². The van der Waals surface area contributed by atoms with Crippen LogP contribution in [-0.4, -0.2) is 35.4 Å². The van der Waals surface area contributed by atoms with Crippen LogP contribution < -0.4 is 9.47 Å². The number of hydrogen-bond acceptors (Lipinski definition) is 4. The van der Waals surface area contributed by atoms with Crippen molar-refractivity contribution in [1.82, 2.24) is 0 Å². The Hall–Kier alpha value is -4.58. The van der Waals surface area contributed by atoms with E-state index >= 15 is 0 Å². The molecule has 1 unspecified atom stereocenters. The molecule has 4 aromatic carbocycles. The number of aromatic carboxylic acids is 2. The molecule has 0 radical (unpaired) electrons. The topological polar surface area (TPSA) is 93.1 Å². The van der Waals surface area contributed by atoms with E-state index in [1.807, 2.05) is 72.8 Å². The van der Waals surface area contributed by atoms with Gasteiger partial charge in [-0.25, -0.2) is 9.59 Å². The van der Waals surface area contributed by atoms with Crippen molar-refractivity contribution in [1.29, 1.82) is 0 Å². The van der Waals surface area contributed by atoms with Crippen LogP contribution in [0.1, 0.15) is 46.9 Å². The lowest BCUT2D eigenvalue weighted by atomic mass is 10.0. The standard InChI is InChI=1S/C33H32O6/c1-23(20-22-39-31-18-14-27(15-19-31)25-6-10-29(11-7-25)33(36)37)3-2-21-38-30-16-12-26(13-17-30)24-4-8-28(9-5-24)32(34)35/h4-19,23H,2-3,20-22H2,1H3,(H,34,35)(H,36,37). The van der Waals surface area contributed by atoms with Crippen LogP contribution in [0.5, 0.6) is 11.5 Å². The van der Waals surface area contributed by atoms with E-state index in [0.717, 1.165) is 53.0 Å². The summed E-state index contributed by atoms with van der Waals surface area (Å²) in [5.74, 6) is 0.289. The Labute approximate surface area is 228 Å². The SMILES string of the molecule is CC(CCCOc1ccc(-c2ccc(C(=O)O)cc2)cc1)CCOc1ccc(-c2ccc(C(=O)O)cc2)cc1. The number of benzene rings is 4. The lowest BCUT2D eigenvalue weighted by Crippen LogP contribution is -2.06. The van der Waals surface area contributed by atoms with Gasteiger partial charge in [-0.1, -0.05) is 55.5 Å². The van der Waals surface area contributed by atoms with E-state index in [4.69, 9.17) is 19.7 Å². The van der Waals surface area contributed by atoms with Gasteiger partial charge in [0, 0.05) is 0 Å². The van der Waals surface area contributed by atoms with E-state index in [1.54, 1.807) is 24.3 Å². The summed E-state index contributed by atoms with van der Waals surface area (Å²) in [4.78, 5) is 22.0. The third-order valence-electron chi connectivity index (χ3n) is 6.63. The van der Waals surface area contributed by atoms with Crippen LogP contribution >= 0.6 is 0 Å². The normalized spacial score (nSPS) is 11.5. The van der Waals surface area contributed by atoms with Crippen LogP contribution in [0.2, 0.25) is 0 Å². The fourth-order valence-electron chi connectivity index (χ4n) is 4.24. The van der Waals surface area contributed by atoms with E-state index in [9.17, 15) is 9.59 Å². The van der Waals surface area contributed by atoms with Gasteiger partial charge in [-0.15, -0.1) is 0 Å². The third-order valence-corrected chi connectivity index (χ3v) is 6.63. The van der Waals surface area contributed by atoms with Crippen LogP contribution in [0.15, 0.2) is 97.1 Å². The fourth-order valence-corrected chi connectivity index (χ4v) is 4.24. The lowest BCUT2D eigenvalue weighted by Gasteiger charge is -2.13. The van der Waals surface area contributed by atoms with E-state index in [-0.39, 0.29) is 11.1 Å². The number of hydrogen-bond donors (Lipinski definition) is 2. The summed E-state index contributed by atoms with van der Waals surface area (Å²) in [5.41, 5.74) is 4.50.